The lowest BCUT2D eigenvalue weighted by molar-refractivity contribution is 0.0825. The summed E-state index contributed by atoms with van der Waals surface area (Å²) in [5.41, 5.74) is 11.8. The fourth-order valence-corrected chi connectivity index (χ4v) is 3.64. The number of benzene rings is 3. The summed E-state index contributed by atoms with van der Waals surface area (Å²) in [4.78, 5) is 14.4. The van der Waals surface area contributed by atoms with Gasteiger partial charge in [0.2, 0.25) is 0 Å². The zero-order chi connectivity index (χ0) is 24.8. The molecule has 7 heteroatoms. The lowest BCUT2D eigenvalue weighted by atomic mass is 10.0. The molecule has 0 saturated carbocycles. The Balaban J connectivity index is 2.03. The average molecular weight is 454 g/mol. The molecule has 172 valence electrons. The van der Waals surface area contributed by atoms with Crippen molar-refractivity contribution in [1.29, 1.82) is 10.5 Å². The van der Waals surface area contributed by atoms with Crippen LogP contribution in [0.1, 0.15) is 39.0 Å². The van der Waals surface area contributed by atoms with Crippen LogP contribution in [0.3, 0.4) is 0 Å². The number of ether oxygens (including phenoxy) is 1. The molecule has 0 atom stereocenters. The molecule has 0 aliphatic heterocycles. The number of nitrogen functional groups attached to an aromatic ring is 1. The number of nitriles is 2. The van der Waals surface area contributed by atoms with Crippen molar-refractivity contribution in [3.8, 4) is 23.6 Å². The molecule has 1 amide bonds. The van der Waals surface area contributed by atoms with Gasteiger partial charge in [-0.05, 0) is 67.3 Å². The maximum Gasteiger partial charge on any atom is 0.257 e. The second kappa shape index (κ2) is 10.4. The van der Waals surface area contributed by atoms with Crippen molar-refractivity contribution in [3.05, 3.63) is 76.3 Å². The van der Waals surface area contributed by atoms with Gasteiger partial charge in [0.25, 0.3) is 5.91 Å². The van der Waals surface area contributed by atoms with Crippen LogP contribution in [0.4, 0.5) is 17.1 Å². The first-order valence-corrected chi connectivity index (χ1v) is 10.8. The van der Waals surface area contributed by atoms with Crippen LogP contribution in [0.5, 0.6) is 11.5 Å². The minimum atomic E-state index is -0.229. The highest BCUT2D eigenvalue weighted by molar-refractivity contribution is 5.99. The third kappa shape index (κ3) is 5.46. The Morgan fingerprint density at radius 1 is 1.06 bits per heavy atom. The summed E-state index contributed by atoms with van der Waals surface area (Å²) in [6.07, 6.45) is 1.12. The Morgan fingerprint density at radius 3 is 2.26 bits per heavy atom. The average Bonchev–Trinajstić information content (AvgIpc) is 2.81. The van der Waals surface area contributed by atoms with Crippen molar-refractivity contribution in [2.24, 2.45) is 0 Å². The van der Waals surface area contributed by atoms with Crippen LogP contribution >= 0.6 is 0 Å². The molecule has 34 heavy (non-hydrogen) atoms. The van der Waals surface area contributed by atoms with Crippen molar-refractivity contribution >= 4 is 23.0 Å². The monoisotopic (exact) mass is 453 g/mol. The van der Waals surface area contributed by atoms with Crippen molar-refractivity contribution in [2.45, 2.75) is 26.7 Å². The molecule has 0 saturated heterocycles. The van der Waals surface area contributed by atoms with Crippen LogP contribution in [0.2, 0.25) is 0 Å². The van der Waals surface area contributed by atoms with E-state index in [-0.39, 0.29) is 5.91 Å². The van der Waals surface area contributed by atoms with Gasteiger partial charge in [-0.1, -0.05) is 12.1 Å². The molecule has 0 bridgehead atoms. The molecule has 0 radical (unpaired) electrons. The highest BCUT2D eigenvalue weighted by atomic mass is 16.5. The highest BCUT2D eigenvalue weighted by Gasteiger charge is 2.20. The summed E-state index contributed by atoms with van der Waals surface area (Å²) < 4.78 is 6.32. The number of amides is 1. The molecular weight excluding hydrogens is 426 g/mol. The van der Waals surface area contributed by atoms with E-state index in [9.17, 15) is 4.79 Å². The van der Waals surface area contributed by atoms with Gasteiger partial charge in [-0.2, -0.15) is 10.5 Å². The minimum absolute atomic E-state index is 0.229. The molecule has 0 aliphatic rings. The second-order valence-corrected chi connectivity index (χ2v) is 8.27. The summed E-state index contributed by atoms with van der Waals surface area (Å²) in [5.74, 6) is 0.801. The minimum Gasteiger partial charge on any atom is -0.456 e. The highest BCUT2D eigenvalue weighted by Crippen LogP contribution is 2.37. The Morgan fingerprint density at radius 2 is 1.71 bits per heavy atom. The number of nitrogens with two attached hydrogens (primary N) is 1. The molecule has 0 fully saturated rings. The van der Waals surface area contributed by atoms with Gasteiger partial charge >= 0.3 is 0 Å². The smallest absolute Gasteiger partial charge is 0.257 e. The number of carbonyl (C=O) groups excluding carboxylic acids is 1. The lowest BCUT2D eigenvalue weighted by Crippen LogP contribution is -2.22. The van der Waals surface area contributed by atoms with Crippen LogP contribution in [-0.4, -0.2) is 24.9 Å². The summed E-state index contributed by atoms with van der Waals surface area (Å²) in [6.45, 7) is 3.89. The predicted molar refractivity (Wildman–Crippen MR) is 133 cm³/mol. The van der Waals surface area contributed by atoms with Gasteiger partial charge in [0.05, 0.1) is 34.6 Å². The SMILES string of the molecule is Cc1cc(CCC#N)cc(C)c1Oc1cc(Nc2ccc(C#N)cc2)c(N)cc1C(=O)N(C)C. The van der Waals surface area contributed by atoms with E-state index in [1.165, 1.54) is 4.90 Å². The Bertz CT molecular complexity index is 1280. The van der Waals surface area contributed by atoms with Crippen LogP contribution in [-0.2, 0) is 6.42 Å². The van der Waals surface area contributed by atoms with E-state index in [0.29, 0.717) is 46.8 Å². The topological polar surface area (TPSA) is 115 Å². The zero-order valence-corrected chi connectivity index (χ0v) is 19.8. The molecule has 7 nitrogen and oxygen atoms in total. The van der Waals surface area contributed by atoms with E-state index in [1.807, 2.05) is 26.0 Å². The van der Waals surface area contributed by atoms with E-state index in [4.69, 9.17) is 21.0 Å². The van der Waals surface area contributed by atoms with Crippen molar-refractivity contribution in [1.82, 2.24) is 4.90 Å². The fraction of sp³-hybridized carbons (Fsp3) is 0.222. The number of rotatable bonds is 7. The summed E-state index contributed by atoms with van der Waals surface area (Å²) in [6, 6.07) is 18.6. The maximum absolute atomic E-state index is 12.9. The first-order chi connectivity index (χ1) is 16.2. The summed E-state index contributed by atoms with van der Waals surface area (Å²) in [7, 11) is 3.34. The molecular formula is C27H27N5O2. The largest absolute Gasteiger partial charge is 0.456 e. The standard InChI is InChI=1S/C27H27N5O2/c1-17-12-20(6-5-11-28)13-18(2)26(17)34-25-15-24(23(30)14-22(25)27(33)32(3)4)31-21-9-7-19(16-29)8-10-21/h7-10,12-15,31H,5-6,30H2,1-4H3. The third-order valence-corrected chi connectivity index (χ3v) is 5.34. The Labute approximate surface area is 200 Å². The van der Waals surface area contributed by atoms with Gasteiger partial charge in [-0.3, -0.25) is 4.79 Å². The van der Waals surface area contributed by atoms with Gasteiger partial charge in [0.15, 0.2) is 0 Å². The van der Waals surface area contributed by atoms with Gasteiger partial charge in [0.1, 0.15) is 11.5 Å². The van der Waals surface area contributed by atoms with E-state index < -0.39 is 0 Å². The number of anilines is 3. The molecule has 0 unspecified atom stereocenters. The van der Waals surface area contributed by atoms with E-state index in [0.717, 1.165) is 22.4 Å². The van der Waals surface area contributed by atoms with Gasteiger partial charge < -0.3 is 20.7 Å². The van der Waals surface area contributed by atoms with Crippen LogP contribution in [0, 0.1) is 36.5 Å². The number of hydrogen-bond acceptors (Lipinski definition) is 6. The van der Waals surface area contributed by atoms with Crippen LogP contribution < -0.4 is 15.8 Å². The van der Waals surface area contributed by atoms with Crippen molar-refractivity contribution in [3.63, 3.8) is 0 Å². The molecule has 3 rings (SSSR count). The van der Waals surface area contributed by atoms with E-state index in [1.54, 1.807) is 50.5 Å². The van der Waals surface area contributed by atoms with Crippen LogP contribution in [0.25, 0.3) is 0 Å². The maximum atomic E-state index is 12.9. The number of carbonyl (C=O) groups is 1. The molecule has 0 spiro atoms. The quantitative estimate of drug-likeness (QED) is 0.460. The van der Waals surface area contributed by atoms with Gasteiger partial charge in [-0.15, -0.1) is 0 Å². The first-order valence-electron chi connectivity index (χ1n) is 10.8. The molecule has 3 aromatic carbocycles. The van der Waals surface area contributed by atoms with Crippen molar-refractivity contribution in [2.75, 3.05) is 25.1 Å². The number of nitrogens with one attached hydrogen (secondary N) is 1. The number of aryl methyl sites for hydroxylation is 3. The van der Waals surface area contributed by atoms with E-state index in [2.05, 4.69) is 17.5 Å². The summed E-state index contributed by atoms with van der Waals surface area (Å²) >= 11 is 0. The Hall–Kier alpha value is -4.49. The molecule has 0 heterocycles. The molecule has 0 aliphatic carbocycles. The van der Waals surface area contributed by atoms with Crippen molar-refractivity contribution < 1.29 is 9.53 Å². The number of hydrogen-bond donors (Lipinski definition) is 2. The van der Waals surface area contributed by atoms with Gasteiger partial charge in [0, 0.05) is 32.3 Å². The molecule has 3 N–H and O–H groups in total. The van der Waals surface area contributed by atoms with Gasteiger partial charge in [-0.25, -0.2) is 0 Å². The molecule has 0 aromatic heterocycles. The summed E-state index contributed by atoms with van der Waals surface area (Å²) in [5, 5.41) is 21.1. The van der Waals surface area contributed by atoms with Crippen LogP contribution in [0.15, 0.2) is 48.5 Å². The predicted octanol–water partition coefficient (Wildman–Crippen LogP) is 5.45. The number of nitrogens with zero attached hydrogens (tertiary/aromatic N) is 3. The fourth-order valence-electron chi connectivity index (χ4n) is 3.64. The lowest BCUT2D eigenvalue weighted by Gasteiger charge is -2.20. The zero-order valence-electron chi connectivity index (χ0n) is 19.8. The Kier molecular flexibility index (Phi) is 7.40. The molecule has 3 aromatic rings. The second-order valence-electron chi connectivity index (χ2n) is 8.27. The first kappa shape index (κ1) is 24.2. The van der Waals surface area contributed by atoms with E-state index >= 15 is 0 Å². The third-order valence-electron chi connectivity index (χ3n) is 5.34. The normalized spacial score (nSPS) is 10.2.